The SMILES string of the molecule is CC(C)(C)c1nc2n[nH]c(N)c2c(=O)[nH]1. The lowest BCUT2D eigenvalue weighted by molar-refractivity contribution is 0.545. The molecule has 80 valence electrons. The molecule has 0 aliphatic heterocycles. The molecule has 0 saturated carbocycles. The smallest absolute Gasteiger partial charge is 0.264 e. The first-order valence-electron chi connectivity index (χ1n) is 4.64. The Morgan fingerprint density at radius 2 is 2.00 bits per heavy atom. The standard InChI is InChI=1S/C9H13N5O/c1-9(2,3)8-11-6-4(7(15)12-8)5(10)13-14-6/h1-3H3,(H4,10,11,12,13,14,15). The molecule has 2 rings (SSSR count). The lowest BCUT2D eigenvalue weighted by atomic mass is 9.96. The van der Waals surface area contributed by atoms with Crippen LogP contribution in [0.1, 0.15) is 26.6 Å². The van der Waals surface area contributed by atoms with Crippen molar-refractivity contribution in [3.8, 4) is 0 Å². The zero-order valence-electron chi connectivity index (χ0n) is 8.88. The summed E-state index contributed by atoms with van der Waals surface area (Å²) in [5, 5.41) is 6.74. The Balaban J connectivity index is 2.81. The van der Waals surface area contributed by atoms with Gasteiger partial charge in [0.25, 0.3) is 5.56 Å². The summed E-state index contributed by atoms with van der Waals surface area (Å²) in [5.41, 5.74) is 5.45. The number of hydrogen-bond acceptors (Lipinski definition) is 4. The number of aromatic amines is 2. The molecule has 0 amide bonds. The lowest BCUT2D eigenvalue weighted by Gasteiger charge is -2.16. The highest BCUT2D eigenvalue weighted by Crippen LogP contribution is 2.19. The second-order valence-electron chi connectivity index (χ2n) is 4.50. The van der Waals surface area contributed by atoms with Crippen molar-refractivity contribution in [2.75, 3.05) is 5.73 Å². The summed E-state index contributed by atoms with van der Waals surface area (Å²) in [6.07, 6.45) is 0. The Bertz CT molecular complexity index is 560. The summed E-state index contributed by atoms with van der Waals surface area (Å²) in [6, 6.07) is 0. The number of aromatic nitrogens is 4. The molecule has 4 N–H and O–H groups in total. The van der Waals surface area contributed by atoms with E-state index in [-0.39, 0.29) is 16.8 Å². The number of anilines is 1. The van der Waals surface area contributed by atoms with Crippen LogP contribution in [-0.2, 0) is 5.41 Å². The summed E-state index contributed by atoms with van der Waals surface area (Å²) in [6.45, 7) is 5.90. The number of nitrogens with one attached hydrogen (secondary N) is 2. The van der Waals surface area contributed by atoms with E-state index in [1.807, 2.05) is 20.8 Å². The van der Waals surface area contributed by atoms with Gasteiger partial charge in [0.15, 0.2) is 5.65 Å². The molecule has 0 bridgehead atoms. The Kier molecular flexibility index (Phi) is 1.82. The molecule has 6 heteroatoms. The molecular formula is C9H13N5O. The van der Waals surface area contributed by atoms with Crippen molar-refractivity contribution >= 4 is 16.9 Å². The second kappa shape index (κ2) is 2.82. The van der Waals surface area contributed by atoms with Gasteiger partial charge < -0.3 is 10.7 Å². The zero-order chi connectivity index (χ0) is 11.2. The van der Waals surface area contributed by atoms with Crippen molar-refractivity contribution in [3.63, 3.8) is 0 Å². The second-order valence-corrected chi connectivity index (χ2v) is 4.50. The van der Waals surface area contributed by atoms with Crippen LogP contribution >= 0.6 is 0 Å². The summed E-state index contributed by atoms with van der Waals surface area (Å²) in [5.74, 6) is 0.853. The van der Waals surface area contributed by atoms with E-state index in [2.05, 4.69) is 20.2 Å². The molecule has 0 saturated heterocycles. The third kappa shape index (κ3) is 1.47. The van der Waals surface area contributed by atoms with Crippen LogP contribution in [0.4, 0.5) is 5.82 Å². The maximum atomic E-state index is 11.7. The first-order valence-corrected chi connectivity index (χ1v) is 4.64. The van der Waals surface area contributed by atoms with Gasteiger partial charge in [-0.1, -0.05) is 20.8 Å². The first-order chi connectivity index (χ1) is 6.89. The van der Waals surface area contributed by atoms with Crippen molar-refractivity contribution in [3.05, 3.63) is 16.2 Å². The van der Waals surface area contributed by atoms with Gasteiger partial charge in [0.1, 0.15) is 17.0 Å². The monoisotopic (exact) mass is 207 g/mol. The van der Waals surface area contributed by atoms with E-state index in [9.17, 15) is 4.79 Å². The van der Waals surface area contributed by atoms with Crippen molar-refractivity contribution in [1.29, 1.82) is 0 Å². The minimum absolute atomic E-state index is 0.221. The molecule has 2 aromatic heterocycles. The summed E-state index contributed by atoms with van der Waals surface area (Å²) in [4.78, 5) is 18.7. The van der Waals surface area contributed by atoms with Crippen LogP contribution in [0.5, 0.6) is 0 Å². The van der Waals surface area contributed by atoms with Crippen molar-refractivity contribution in [1.82, 2.24) is 20.2 Å². The molecule has 15 heavy (non-hydrogen) atoms. The molecular weight excluding hydrogens is 194 g/mol. The average molecular weight is 207 g/mol. The van der Waals surface area contributed by atoms with Crippen LogP contribution in [0.2, 0.25) is 0 Å². The zero-order valence-corrected chi connectivity index (χ0v) is 8.88. The molecule has 0 fully saturated rings. The third-order valence-electron chi connectivity index (χ3n) is 2.16. The lowest BCUT2D eigenvalue weighted by Crippen LogP contribution is -2.22. The molecule has 0 spiro atoms. The van der Waals surface area contributed by atoms with Crippen LogP contribution in [0, 0.1) is 0 Å². The summed E-state index contributed by atoms with van der Waals surface area (Å²) in [7, 11) is 0. The first kappa shape index (κ1) is 9.70. The highest BCUT2D eigenvalue weighted by atomic mass is 16.1. The Morgan fingerprint density at radius 3 is 2.60 bits per heavy atom. The number of fused-ring (bicyclic) bond motifs is 1. The van der Waals surface area contributed by atoms with Gasteiger partial charge in [-0.2, -0.15) is 5.10 Å². The minimum atomic E-state index is -0.254. The average Bonchev–Trinajstić information content (AvgIpc) is 2.46. The molecule has 0 unspecified atom stereocenters. The van der Waals surface area contributed by atoms with Crippen molar-refractivity contribution < 1.29 is 0 Å². The van der Waals surface area contributed by atoms with Crippen LogP contribution in [0.25, 0.3) is 11.0 Å². The fraction of sp³-hybridized carbons (Fsp3) is 0.444. The van der Waals surface area contributed by atoms with Gasteiger partial charge >= 0.3 is 0 Å². The number of hydrogen-bond donors (Lipinski definition) is 3. The molecule has 2 heterocycles. The molecule has 0 radical (unpaired) electrons. The Hall–Kier alpha value is -1.85. The van der Waals surface area contributed by atoms with Gasteiger partial charge in [-0.15, -0.1) is 0 Å². The quantitative estimate of drug-likeness (QED) is 0.586. The molecule has 0 aliphatic carbocycles. The highest BCUT2D eigenvalue weighted by Gasteiger charge is 2.19. The number of nitrogens with two attached hydrogens (primary N) is 1. The molecule has 0 aromatic carbocycles. The van der Waals surface area contributed by atoms with Gasteiger partial charge in [0, 0.05) is 5.41 Å². The van der Waals surface area contributed by atoms with E-state index >= 15 is 0 Å². The van der Waals surface area contributed by atoms with Crippen LogP contribution in [0.15, 0.2) is 4.79 Å². The summed E-state index contributed by atoms with van der Waals surface area (Å²) >= 11 is 0. The van der Waals surface area contributed by atoms with Gasteiger partial charge in [0.2, 0.25) is 0 Å². The van der Waals surface area contributed by atoms with Crippen LogP contribution in [0.3, 0.4) is 0 Å². The normalized spacial score (nSPS) is 12.2. The Labute approximate surface area is 85.9 Å². The van der Waals surface area contributed by atoms with Crippen molar-refractivity contribution in [2.24, 2.45) is 0 Å². The van der Waals surface area contributed by atoms with E-state index in [0.29, 0.717) is 16.9 Å². The van der Waals surface area contributed by atoms with E-state index in [4.69, 9.17) is 5.73 Å². The van der Waals surface area contributed by atoms with E-state index < -0.39 is 0 Å². The number of nitrogens with zero attached hydrogens (tertiary/aromatic N) is 2. The fourth-order valence-corrected chi connectivity index (χ4v) is 1.31. The maximum Gasteiger partial charge on any atom is 0.264 e. The molecule has 2 aromatic rings. The predicted octanol–water partition coefficient (Wildman–Crippen LogP) is 0.526. The maximum absolute atomic E-state index is 11.7. The van der Waals surface area contributed by atoms with Crippen molar-refractivity contribution in [2.45, 2.75) is 26.2 Å². The predicted molar refractivity (Wildman–Crippen MR) is 57.6 cm³/mol. The van der Waals surface area contributed by atoms with Gasteiger partial charge in [-0.25, -0.2) is 4.98 Å². The number of H-pyrrole nitrogens is 2. The van der Waals surface area contributed by atoms with Crippen LogP contribution in [-0.4, -0.2) is 20.2 Å². The fourth-order valence-electron chi connectivity index (χ4n) is 1.31. The Morgan fingerprint density at radius 1 is 1.33 bits per heavy atom. The van der Waals surface area contributed by atoms with Gasteiger partial charge in [-0.05, 0) is 0 Å². The van der Waals surface area contributed by atoms with E-state index in [1.165, 1.54) is 0 Å². The summed E-state index contributed by atoms with van der Waals surface area (Å²) < 4.78 is 0. The molecule has 6 nitrogen and oxygen atoms in total. The number of rotatable bonds is 0. The van der Waals surface area contributed by atoms with Crippen LogP contribution < -0.4 is 11.3 Å². The van der Waals surface area contributed by atoms with E-state index in [1.54, 1.807) is 0 Å². The topological polar surface area (TPSA) is 100 Å². The van der Waals surface area contributed by atoms with Gasteiger partial charge in [-0.3, -0.25) is 9.89 Å². The van der Waals surface area contributed by atoms with E-state index in [0.717, 1.165) is 0 Å². The largest absolute Gasteiger partial charge is 0.383 e. The minimum Gasteiger partial charge on any atom is -0.383 e. The highest BCUT2D eigenvalue weighted by molar-refractivity contribution is 5.84. The number of nitrogen functional groups attached to an aromatic ring is 1. The molecule has 0 atom stereocenters. The third-order valence-corrected chi connectivity index (χ3v) is 2.16. The van der Waals surface area contributed by atoms with Gasteiger partial charge in [0.05, 0.1) is 0 Å². The molecule has 0 aliphatic rings.